The van der Waals surface area contributed by atoms with Crippen LogP contribution in [0, 0.1) is 0 Å². The summed E-state index contributed by atoms with van der Waals surface area (Å²) in [5, 5.41) is 9.99. The van der Waals surface area contributed by atoms with Gasteiger partial charge in [-0.15, -0.1) is 0 Å². The first-order valence-corrected chi connectivity index (χ1v) is 12.3. The molecule has 1 aromatic rings. The Morgan fingerprint density at radius 1 is 1.00 bits per heavy atom. The molecule has 3 amide bonds. The highest BCUT2D eigenvalue weighted by molar-refractivity contribution is 5.75. The number of rotatable bonds is 2. The number of hydrogen-bond acceptors (Lipinski definition) is 4. The molecule has 0 bridgehead atoms. The smallest absolute Gasteiger partial charge is 0.416 e. The van der Waals surface area contributed by atoms with E-state index >= 15 is 0 Å². The molecule has 8 nitrogen and oxygen atoms in total. The molecule has 3 saturated heterocycles. The number of nitrogens with zero attached hydrogens (tertiary/aromatic N) is 3. The van der Waals surface area contributed by atoms with Crippen LogP contribution in [-0.2, 0) is 15.7 Å². The largest absolute Gasteiger partial charge is 0.465 e. The Kier molecular flexibility index (Phi) is 7.18. The fraction of sp³-hybridized carbons (Fsp3) is 0.680. The number of benzene rings is 1. The number of carbonyl (C=O) groups excluding carboxylic acids is 1. The molecule has 11 heteroatoms. The van der Waals surface area contributed by atoms with Gasteiger partial charge in [-0.3, -0.25) is 4.90 Å². The normalized spacial score (nSPS) is 24.7. The maximum absolute atomic E-state index is 13.6. The Labute approximate surface area is 208 Å². The average molecular weight is 514 g/mol. The maximum Gasteiger partial charge on any atom is 0.416 e. The first kappa shape index (κ1) is 26.5. The lowest BCUT2D eigenvalue weighted by Gasteiger charge is -2.48. The monoisotopic (exact) mass is 513 g/mol. The second-order valence-corrected chi connectivity index (χ2v) is 10.8. The molecule has 0 radical (unpaired) electrons. The van der Waals surface area contributed by atoms with Crippen molar-refractivity contribution in [1.29, 1.82) is 0 Å². The van der Waals surface area contributed by atoms with E-state index in [9.17, 15) is 27.9 Å². The molecule has 1 spiro atoms. The van der Waals surface area contributed by atoms with E-state index in [1.165, 1.54) is 17.0 Å². The van der Waals surface area contributed by atoms with Gasteiger partial charge in [0.15, 0.2) is 5.79 Å². The molecule has 4 rings (SSSR count). The molecule has 2 atom stereocenters. The van der Waals surface area contributed by atoms with Crippen molar-refractivity contribution >= 4 is 12.1 Å². The van der Waals surface area contributed by atoms with Crippen LogP contribution in [0.3, 0.4) is 0 Å². The number of ether oxygens (including phenoxy) is 2. The van der Waals surface area contributed by atoms with Gasteiger partial charge in [-0.1, -0.05) is 12.1 Å². The fourth-order valence-electron chi connectivity index (χ4n) is 5.62. The summed E-state index contributed by atoms with van der Waals surface area (Å²) in [6, 6.07) is 4.22. The van der Waals surface area contributed by atoms with Crippen LogP contribution in [0.2, 0.25) is 0 Å². The molecule has 200 valence electrons. The van der Waals surface area contributed by atoms with Crippen molar-refractivity contribution in [3.63, 3.8) is 0 Å². The van der Waals surface area contributed by atoms with Crippen molar-refractivity contribution in [2.45, 2.75) is 69.5 Å². The van der Waals surface area contributed by atoms with Crippen molar-refractivity contribution in [2.75, 3.05) is 39.4 Å². The van der Waals surface area contributed by atoms with Gasteiger partial charge in [0, 0.05) is 50.5 Å². The lowest BCUT2D eigenvalue weighted by Crippen LogP contribution is -2.61. The molecule has 36 heavy (non-hydrogen) atoms. The molecule has 3 aliphatic heterocycles. The predicted molar refractivity (Wildman–Crippen MR) is 125 cm³/mol. The molecule has 0 aliphatic carbocycles. The number of amides is 3. The van der Waals surface area contributed by atoms with Crippen LogP contribution in [0.1, 0.15) is 57.1 Å². The van der Waals surface area contributed by atoms with E-state index in [2.05, 4.69) is 0 Å². The molecule has 0 saturated carbocycles. The van der Waals surface area contributed by atoms with Crippen molar-refractivity contribution < 1.29 is 37.3 Å². The van der Waals surface area contributed by atoms with Gasteiger partial charge >= 0.3 is 18.3 Å². The minimum atomic E-state index is -4.44. The minimum Gasteiger partial charge on any atom is -0.465 e. The van der Waals surface area contributed by atoms with Gasteiger partial charge in [0.1, 0.15) is 0 Å². The molecular weight excluding hydrogens is 479 g/mol. The maximum atomic E-state index is 13.6. The van der Waals surface area contributed by atoms with Crippen LogP contribution < -0.4 is 0 Å². The number of urea groups is 1. The highest BCUT2D eigenvalue weighted by Crippen LogP contribution is 2.36. The number of alkyl halides is 3. The number of piperidine rings is 2. The van der Waals surface area contributed by atoms with E-state index < -0.39 is 35.2 Å². The van der Waals surface area contributed by atoms with Gasteiger partial charge in [0.25, 0.3) is 0 Å². The molecule has 0 aromatic heterocycles. The van der Waals surface area contributed by atoms with E-state index in [1.54, 1.807) is 30.6 Å². The van der Waals surface area contributed by atoms with Crippen molar-refractivity contribution in [3.05, 3.63) is 35.4 Å². The third kappa shape index (κ3) is 5.56. The molecular formula is C25H34F3N3O5. The number of carbonyl (C=O) groups is 2. The number of hydrogen-bond donors (Lipinski definition) is 1. The summed E-state index contributed by atoms with van der Waals surface area (Å²) >= 11 is 0. The minimum absolute atomic E-state index is 0.205. The van der Waals surface area contributed by atoms with Crippen LogP contribution in [0.15, 0.2) is 24.3 Å². The second-order valence-electron chi connectivity index (χ2n) is 10.8. The molecule has 3 heterocycles. The van der Waals surface area contributed by atoms with Gasteiger partial charge < -0.3 is 24.4 Å². The van der Waals surface area contributed by atoms with Crippen LogP contribution in [0.4, 0.5) is 22.8 Å². The quantitative estimate of drug-likeness (QED) is 0.625. The number of halogens is 3. The zero-order chi connectivity index (χ0) is 26.3. The van der Waals surface area contributed by atoms with Crippen LogP contribution in [0.5, 0.6) is 0 Å². The first-order valence-electron chi connectivity index (χ1n) is 12.3. The Balaban J connectivity index is 1.56. The molecule has 3 aliphatic rings. The highest BCUT2D eigenvalue weighted by atomic mass is 19.4. The van der Waals surface area contributed by atoms with E-state index in [4.69, 9.17) is 9.47 Å². The summed E-state index contributed by atoms with van der Waals surface area (Å²) in [5.74, 6) is -0.937. The zero-order valence-corrected chi connectivity index (χ0v) is 20.9. The summed E-state index contributed by atoms with van der Waals surface area (Å²) in [4.78, 5) is 30.5. The Bertz CT molecular complexity index is 947. The predicted octanol–water partition coefficient (Wildman–Crippen LogP) is 4.60. The van der Waals surface area contributed by atoms with Crippen molar-refractivity contribution in [3.8, 4) is 0 Å². The van der Waals surface area contributed by atoms with Crippen LogP contribution in [-0.4, -0.2) is 88.7 Å². The van der Waals surface area contributed by atoms with Gasteiger partial charge in [-0.25, -0.2) is 9.59 Å². The van der Waals surface area contributed by atoms with Gasteiger partial charge in [0.2, 0.25) is 0 Å². The third-order valence-corrected chi connectivity index (χ3v) is 7.31. The van der Waals surface area contributed by atoms with Crippen molar-refractivity contribution in [1.82, 2.24) is 14.7 Å². The van der Waals surface area contributed by atoms with E-state index in [0.717, 1.165) is 12.1 Å². The Hall–Kier alpha value is -2.53. The summed E-state index contributed by atoms with van der Waals surface area (Å²) < 4.78 is 50.8. The summed E-state index contributed by atoms with van der Waals surface area (Å²) in [6.45, 7) is 7.87. The topological polar surface area (TPSA) is 82.6 Å². The lowest BCUT2D eigenvalue weighted by atomic mass is 9.85. The van der Waals surface area contributed by atoms with Crippen LogP contribution >= 0.6 is 0 Å². The van der Waals surface area contributed by atoms with E-state index in [1.807, 2.05) is 0 Å². The Morgan fingerprint density at radius 3 is 2.08 bits per heavy atom. The molecule has 2 unspecified atom stereocenters. The first-order chi connectivity index (χ1) is 16.8. The Morgan fingerprint density at radius 2 is 1.58 bits per heavy atom. The third-order valence-electron chi connectivity index (χ3n) is 7.31. The van der Waals surface area contributed by atoms with Gasteiger partial charge in [-0.2, -0.15) is 13.2 Å². The SMILES string of the molecule is CC(C)(C)N(C(=O)O)C1CC(c2ccc(C(F)(F)F)cc2)CN(C(=O)N2CCC3(CC2)OCCO3)C1. The van der Waals surface area contributed by atoms with Gasteiger partial charge in [-0.05, 0) is 44.9 Å². The average Bonchev–Trinajstić information content (AvgIpc) is 3.25. The summed E-state index contributed by atoms with van der Waals surface area (Å²) in [5.41, 5.74) is -0.816. The molecule has 3 fully saturated rings. The standard InChI is InChI=1S/C25H34F3N3O5/c1-23(2,3)31(22(33)34)20-14-18(17-4-6-19(7-5-17)25(26,27)28)15-30(16-20)21(32)29-10-8-24(9-11-29)35-12-13-36-24/h4-7,18,20H,8-16H2,1-3H3,(H,33,34). The summed E-state index contributed by atoms with van der Waals surface area (Å²) in [6.07, 6.45) is -4.02. The molecule has 1 N–H and O–H groups in total. The second kappa shape index (κ2) is 9.74. The van der Waals surface area contributed by atoms with Crippen LogP contribution in [0.25, 0.3) is 0 Å². The summed E-state index contributed by atoms with van der Waals surface area (Å²) in [7, 11) is 0. The lowest BCUT2D eigenvalue weighted by molar-refractivity contribution is -0.182. The van der Waals surface area contributed by atoms with E-state index in [0.29, 0.717) is 57.7 Å². The number of carboxylic acid groups (broad SMARTS) is 1. The molecule has 1 aromatic carbocycles. The number of likely N-dealkylation sites (tertiary alicyclic amines) is 2. The zero-order valence-electron chi connectivity index (χ0n) is 20.9. The fourth-order valence-corrected chi connectivity index (χ4v) is 5.62. The highest BCUT2D eigenvalue weighted by Gasteiger charge is 2.44. The van der Waals surface area contributed by atoms with Gasteiger partial charge in [0.05, 0.1) is 24.8 Å². The van der Waals surface area contributed by atoms with E-state index in [-0.39, 0.29) is 18.5 Å². The van der Waals surface area contributed by atoms with Crippen molar-refractivity contribution in [2.24, 2.45) is 0 Å².